The topological polar surface area (TPSA) is 49.8 Å². The summed E-state index contributed by atoms with van der Waals surface area (Å²) >= 11 is 0. The Bertz CT molecular complexity index is 563. The molecule has 1 fully saturated rings. The van der Waals surface area contributed by atoms with Crippen LogP contribution >= 0.6 is 0 Å². The van der Waals surface area contributed by atoms with Gasteiger partial charge in [0.25, 0.3) is 5.91 Å². The highest BCUT2D eigenvalue weighted by Crippen LogP contribution is 2.39. The van der Waals surface area contributed by atoms with Crippen molar-refractivity contribution in [2.75, 3.05) is 19.7 Å². The van der Waals surface area contributed by atoms with Gasteiger partial charge in [0.15, 0.2) is 0 Å². The molecule has 1 unspecified atom stereocenters. The zero-order valence-corrected chi connectivity index (χ0v) is 12.3. The molecule has 20 heavy (non-hydrogen) atoms. The van der Waals surface area contributed by atoms with Crippen molar-refractivity contribution in [3.63, 3.8) is 0 Å². The first kappa shape index (κ1) is 13.4. The molecule has 0 radical (unpaired) electrons. The Morgan fingerprint density at radius 2 is 2.10 bits per heavy atom. The number of fused-ring (bicyclic) bond motifs is 1. The summed E-state index contributed by atoms with van der Waals surface area (Å²) in [5.74, 6) is 0.869. The second-order valence-electron chi connectivity index (χ2n) is 6.86. The number of hydrogen-bond acceptors (Lipinski definition) is 3. The van der Waals surface area contributed by atoms with Crippen molar-refractivity contribution in [1.29, 1.82) is 0 Å². The van der Waals surface area contributed by atoms with Gasteiger partial charge in [-0.25, -0.2) is 0 Å². The molecule has 2 aliphatic heterocycles. The van der Waals surface area contributed by atoms with Crippen molar-refractivity contribution in [1.82, 2.24) is 4.90 Å². The minimum atomic E-state index is -0.755. The normalized spacial score (nSPS) is 27.3. The smallest absolute Gasteiger partial charge is 0.253 e. The van der Waals surface area contributed by atoms with E-state index in [1.165, 1.54) is 0 Å². The Balaban J connectivity index is 1.87. The largest absolute Gasteiger partial charge is 0.492 e. The van der Waals surface area contributed by atoms with Gasteiger partial charge in [0.05, 0.1) is 12.2 Å². The number of carbonyl (C=O) groups excluding carboxylic acids is 1. The molecule has 4 heteroatoms. The van der Waals surface area contributed by atoms with Crippen LogP contribution in [0.1, 0.15) is 43.1 Å². The van der Waals surface area contributed by atoms with Gasteiger partial charge in [-0.3, -0.25) is 4.79 Å². The zero-order chi connectivity index (χ0) is 14.5. The highest BCUT2D eigenvalue weighted by Gasteiger charge is 2.36. The number of rotatable bonds is 1. The van der Waals surface area contributed by atoms with E-state index < -0.39 is 5.60 Å². The van der Waals surface area contributed by atoms with Gasteiger partial charge in [0, 0.05) is 29.6 Å². The number of hydrogen-bond donors (Lipinski definition) is 1. The number of likely N-dealkylation sites (tertiary alicyclic amines) is 1. The Morgan fingerprint density at radius 3 is 2.75 bits per heavy atom. The van der Waals surface area contributed by atoms with Crippen LogP contribution < -0.4 is 4.74 Å². The fraction of sp³-hybridized carbons (Fsp3) is 0.562. The van der Waals surface area contributed by atoms with Crippen LogP contribution in [0.3, 0.4) is 0 Å². The van der Waals surface area contributed by atoms with Gasteiger partial charge >= 0.3 is 0 Å². The second kappa shape index (κ2) is 4.22. The molecular weight excluding hydrogens is 254 g/mol. The lowest BCUT2D eigenvalue weighted by molar-refractivity contribution is 0.0572. The molecule has 1 aromatic carbocycles. The number of amides is 1. The minimum absolute atomic E-state index is 0.00623. The first-order valence-corrected chi connectivity index (χ1v) is 7.08. The van der Waals surface area contributed by atoms with E-state index in [9.17, 15) is 9.90 Å². The van der Waals surface area contributed by atoms with Crippen LogP contribution in [0.5, 0.6) is 5.75 Å². The molecule has 1 amide bonds. The van der Waals surface area contributed by atoms with E-state index >= 15 is 0 Å². The van der Waals surface area contributed by atoms with Gasteiger partial charge in [-0.05, 0) is 31.5 Å². The van der Waals surface area contributed by atoms with Crippen molar-refractivity contribution in [2.45, 2.75) is 38.2 Å². The number of aliphatic hydroxyl groups is 1. The molecule has 1 aromatic rings. The lowest BCUT2D eigenvalue weighted by atomic mass is 9.86. The fourth-order valence-corrected chi connectivity index (χ4v) is 2.95. The van der Waals surface area contributed by atoms with Crippen LogP contribution in [-0.2, 0) is 5.41 Å². The molecule has 0 aromatic heterocycles. The van der Waals surface area contributed by atoms with Crippen molar-refractivity contribution >= 4 is 5.91 Å². The van der Waals surface area contributed by atoms with Crippen LogP contribution in [-0.4, -0.2) is 41.2 Å². The predicted molar refractivity (Wildman–Crippen MR) is 76.1 cm³/mol. The predicted octanol–water partition coefficient (Wildman–Crippen LogP) is 1.95. The van der Waals surface area contributed by atoms with Crippen molar-refractivity contribution in [3.05, 3.63) is 29.3 Å². The van der Waals surface area contributed by atoms with E-state index in [2.05, 4.69) is 13.8 Å². The standard InChI is InChI=1S/C16H21NO3/c1-15(2)10-20-13-5-4-11(8-12(13)15)14(18)17-7-6-16(3,19)9-17/h4-5,8,19H,6-7,9-10H2,1-3H3. The SMILES string of the molecule is CC1(O)CCN(C(=O)c2ccc3c(c2)C(C)(C)CO3)C1. The van der Waals surface area contributed by atoms with Gasteiger partial charge in [0.1, 0.15) is 5.75 Å². The first-order chi connectivity index (χ1) is 9.28. The Kier molecular flexibility index (Phi) is 2.83. The lowest BCUT2D eigenvalue weighted by Crippen LogP contribution is -2.34. The van der Waals surface area contributed by atoms with Gasteiger partial charge in [-0.2, -0.15) is 0 Å². The molecule has 4 nitrogen and oxygen atoms in total. The minimum Gasteiger partial charge on any atom is -0.492 e. The summed E-state index contributed by atoms with van der Waals surface area (Å²) in [7, 11) is 0. The first-order valence-electron chi connectivity index (χ1n) is 7.08. The second-order valence-corrected chi connectivity index (χ2v) is 6.86. The van der Waals surface area contributed by atoms with Gasteiger partial charge < -0.3 is 14.7 Å². The summed E-state index contributed by atoms with van der Waals surface area (Å²) in [4.78, 5) is 14.2. The molecular formula is C16H21NO3. The van der Waals surface area contributed by atoms with Crippen molar-refractivity contribution in [2.24, 2.45) is 0 Å². The third kappa shape index (κ3) is 2.18. The summed E-state index contributed by atoms with van der Waals surface area (Å²) in [6, 6.07) is 5.64. The maximum Gasteiger partial charge on any atom is 0.253 e. The molecule has 0 spiro atoms. The van der Waals surface area contributed by atoms with E-state index in [-0.39, 0.29) is 11.3 Å². The third-order valence-electron chi connectivity index (χ3n) is 4.28. The van der Waals surface area contributed by atoms with E-state index in [1.54, 1.807) is 11.8 Å². The van der Waals surface area contributed by atoms with Crippen molar-refractivity contribution in [3.8, 4) is 5.75 Å². The zero-order valence-electron chi connectivity index (χ0n) is 12.3. The van der Waals surface area contributed by atoms with E-state index in [1.807, 2.05) is 18.2 Å². The van der Waals surface area contributed by atoms with Crippen molar-refractivity contribution < 1.29 is 14.6 Å². The molecule has 1 saturated heterocycles. The third-order valence-corrected chi connectivity index (χ3v) is 4.28. The molecule has 0 aliphatic carbocycles. The van der Waals surface area contributed by atoms with E-state index in [4.69, 9.17) is 4.74 Å². The number of benzene rings is 1. The molecule has 2 aliphatic rings. The Morgan fingerprint density at radius 1 is 1.35 bits per heavy atom. The van der Waals surface area contributed by atoms with Crippen LogP contribution in [0.25, 0.3) is 0 Å². The van der Waals surface area contributed by atoms with Crippen LogP contribution in [0, 0.1) is 0 Å². The van der Waals surface area contributed by atoms with Crippen LogP contribution in [0.4, 0.5) is 0 Å². The maximum atomic E-state index is 12.5. The summed E-state index contributed by atoms with van der Waals surface area (Å²) in [6.45, 7) is 7.69. The number of β-amino-alcohol motifs (C(OH)–C–C–N with tert-alkyl or cyclic N) is 1. The monoisotopic (exact) mass is 275 g/mol. The number of ether oxygens (including phenoxy) is 1. The molecule has 1 atom stereocenters. The summed E-state index contributed by atoms with van der Waals surface area (Å²) in [5, 5.41) is 9.98. The van der Waals surface area contributed by atoms with Crippen LogP contribution in [0.2, 0.25) is 0 Å². The highest BCUT2D eigenvalue weighted by molar-refractivity contribution is 5.95. The average Bonchev–Trinajstić information content (AvgIpc) is 2.89. The van der Waals surface area contributed by atoms with E-state index in [0.717, 1.165) is 11.3 Å². The Hall–Kier alpha value is -1.55. The average molecular weight is 275 g/mol. The van der Waals surface area contributed by atoms with E-state index in [0.29, 0.717) is 31.7 Å². The van der Waals surface area contributed by atoms with Gasteiger partial charge in [0.2, 0.25) is 0 Å². The molecule has 2 heterocycles. The van der Waals surface area contributed by atoms with Crippen LogP contribution in [0.15, 0.2) is 18.2 Å². The molecule has 0 saturated carbocycles. The van der Waals surface area contributed by atoms with Gasteiger partial charge in [-0.1, -0.05) is 13.8 Å². The summed E-state index contributed by atoms with van der Waals surface area (Å²) in [5.41, 5.74) is 0.964. The molecule has 0 bridgehead atoms. The highest BCUT2D eigenvalue weighted by atomic mass is 16.5. The molecule has 108 valence electrons. The Labute approximate surface area is 119 Å². The van der Waals surface area contributed by atoms with Gasteiger partial charge in [-0.15, -0.1) is 0 Å². The fourth-order valence-electron chi connectivity index (χ4n) is 2.95. The number of carbonyl (C=O) groups is 1. The number of nitrogens with zero attached hydrogens (tertiary/aromatic N) is 1. The maximum absolute atomic E-state index is 12.5. The lowest BCUT2D eigenvalue weighted by Gasteiger charge is -2.20. The quantitative estimate of drug-likeness (QED) is 0.852. The molecule has 3 rings (SSSR count). The summed E-state index contributed by atoms with van der Waals surface area (Å²) in [6.07, 6.45) is 0.637. The summed E-state index contributed by atoms with van der Waals surface area (Å²) < 4.78 is 5.64. The molecule has 1 N–H and O–H groups in total.